The maximum atomic E-state index is 11.6. The molecule has 1 aromatic rings. The second-order valence-corrected chi connectivity index (χ2v) is 5.07. The number of ether oxygens (including phenoxy) is 1. The molecule has 0 bridgehead atoms. The van der Waals surface area contributed by atoms with Gasteiger partial charge in [-0.25, -0.2) is 0 Å². The van der Waals surface area contributed by atoms with Crippen LogP contribution in [0.15, 0.2) is 30.3 Å². The number of benzene rings is 1. The van der Waals surface area contributed by atoms with Crippen LogP contribution in [0, 0.1) is 5.92 Å². The fourth-order valence-electron chi connectivity index (χ4n) is 1.42. The third kappa shape index (κ3) is 1.95. The molecule has 0 heterocycles. The summed E-state index contributed by atoms with van der Waals surface area (Å²) >= 11 is 3.03. The van der Waals surface area contributed by atoms with Crippen LogP contribution in [0.5, 0.6) is 5.75 Å². The highest BCUT2D eigenvalue weighted by atomic mass is 79.9. The van der Waals surface area contributed by atoms with Gasteiger partial charge in [-0.05, 0) is 18.6 Å². The van der Waals surface area contributed by atoms with Crippen molar-refractivity contribution in [1.82, 2.24) is 0 Å². The van der Waals surface area contributed by atoms with Crippen molar-refractivity contribution in [2.24, 2.45) is 5.92 Å². The average Bonchev–Trinajstić information content (AvgIpc) is 2.94. The molecule has 4 nitrogen and oxygen atoms in total. The number of carbonyl (C=O) groups excluding carboxylic acids is 1. The highest BCUT2D eigenvalue weighted by molar-refractivity contribution is 9.10. The zero-order valence-corrected chi connectivity index (χ0v) is 9.81. The Kier molecular flexibility index (Phi) is 2.71. The number of rotatable bonds is 3. The van der Waals surface area contributed by atoms with Gasteiger partial charge >= 0.3 is 11.9 Å². The quantitative estimate of drug-likeness (QED) is 0.523. The first-order chi connectivity index (χ1) is 7.54. The Morgan fingerprint density at radius 3 is 2.50 bits per heavy atom. The maximum absolute atomic E-state index is 11.6. The van der Waals surface area contributed by atoms with Gasteiger partial charge in [-0.2, -0.15) is 0 Å². The normalized spacial score (nSPS) is 27.2. The van der Waals surface area contributed by atoms with Gasteiger partial charge in [0.2, 0.25) is 0 Å². The second kappa shape index (κ2) is 3.90. The number of alkyl halides is 1. The molecule has 0 spiro atoms. The smallest absolute Gasteiger partial charge is 0.321 e. The van der Waals surface area contributed by atoms with E-state index in [1.165, 1.54) is 0 Å². The molecule has 5 heteroatoms. The summed E-state index contributed by atoms with van der Waals surface area (Å²) in [5.41, 5.74) is 0. The molecule has 1 N–H and O–H groups in total. The summed E-state index contributed by atoms with van der Waals surface area (Å²) in [7, 11) is 0. The molecular weight excluding hydrogens is 276 g/mol. The van der Waals surface area contributed by atoms with Gasteiger partial charge in [0.15, 0.2) is 0 Å². The van der Waals surface area contributed by atoms with Crippen LogP contribution in [-0.2, 0) is 9.59 Å². The van der Waals surface area contributed by atoms with Crippen LogP contribution >= 0.6 is 15.9 Å². The highest BCUT2D eigenvalue weighted by Gasteiger charge is 2.63. The van der Waals surface area contributed by atoms with Gasteiger partial charge in [0.05, 0.1) is 5.92 Å². The largest absolute Gasteiger partial charge is 0.480 e. The van der Waals surface area contributed by atoms with Gasteiger partial charge in [0.1, 0.15) is 10.1 Å². The number of carbonyl (C=O) groups is 2. The van der Waals surface area contributed by atoms with E-state index in [-0.39, 0.29) is 6.42 Å². The third-order valence-electron chi connectivity index (χ3n) is 2.50. The van der Waals surface area contributed by atoms with E-state index in [1.807, 2.05) is 0 Å². The summed E-state index contributed by atoms with van der Waals surface area (Å²) in [6, 6.07) is 8.59. The van der Waals surface area contributed by atoms with Crippen LogP contribution in [0.2, 0.25) is 0 Å². The SMILES string of the molecule is O=C(Oc1ccccc1)C1CC1(Br)C(=O)O. The van der Waals surface area contributed by atoms with E-state index in [0.717, 1.165) is 0 Å². The van der Waals surface area contributed by atoms with E-state index in [2.05, 4.69) is 15.9 Å². The van der Waals surface area contributed by atoms with Crippen LogP contribution in [0.4, 0.5) is 0 Å². The molecule has 0 saturated heterocycles. The standard InChI is InChI=1S/C11H9BrO4/c12-11(10(14)15)6-8(11)9(13)16-7-4-2-1-3-5-7/h1-5,8H,6H2,(H,14,15). The maximum Gasteiger partial charge on any atom is 0.321 e. The molecule has 2 unspecified atom stereocenters. The summed E-state index contributed by atoms with van der Waals surface area (Å²) in [5, 5.41) is 8.84. The summed E-state index contributed by atoms with van der Waals surface area (Å²) < 4.78 is 3.93. The van der Waals surface area contributed by atoms with Gasteiger partial charge in [-0.3, -0.25) is 9.59 Å². The molecule has 1 aliphatic carbocycles. The lowest BCUT2D eigenvalue weighted by atomic mass is 10.3. The average molecular weight is 285 g/mol. The van der Waals surface area contributed by atoms with Gasteiger partial charge in [0, 0.05) is 0 Å². The fraction of sp³-hybridized carbons (Fsp3) is 0.273. The number of carboxylic acids is 1. The molecule has 0 aliphatic heterocycles. The van der Waals surface area contributed by atoms with Crippen LogP contribution in [0.3, 0.4) is 0 Å². The Morgan fingerprint density at radius 2 is 2.00 bits per heavy atom. The fourth-order valence-corrected chi connectivity index (χ4v) is 1.93. The molecule has 0 radical (unpaired) electrons. The first kappa shape index (κ1) is 11.1. The van der Waals surface area contributed by atoms with Gasteiger partial charge < -0.3 is 9.84 Å². The van der Waals surface area contributed by atoms with Crippen LogP contribution < -0.4 is 4.74 Å². The van der Waals surface area contributed by atoms with Crippen LogP contribution in [0.25, 0.3) is 0 Å². The van der Waals surface area contributed by atoms with Crippen molar-refractivity contribution < 1.29 is 19.4 Å². The van der Waals surface area contributed by atoms with Gasteiger partial charge in [-0.1, -0.05) is 34.1 Å². The first-order valence-corrected chi connectivity index (χ1v) is 5.52. The number of hydrogen-bond donors (Lipinski definition) is 1. The molecule has 1 aromatic carbocycles. The van der Waals surface area contributed by atoms with Crippen molar-refractivity contribution in [3.05, 3.63) is 30.3 Å². The number of esters is 1. The minimum atomic E-state index is -1.13. The molecule has 1 saturated carbocycles. The molecule has 2 rings (SSSR count). The van der Waals surface area contributed by atoms with Gasteiger partial charge in [-0.15, -0.1) is 0 Å². The van der Waals surface area contributed by atoms with Crippen molar-refractivity contribution in [3.63, 3.8) is 0 Å². The molecule has 0 amide bonds. The first-order valence-electron chi connectivity index (χ1n) is 4.73. The Bertz CT molecular complexity index is 431. The minimum absolute atomic E-state index is 0.272. The van der Waals surface area contributed by atoms with Crippen LogP contribution in [0.1, 0.15) is 6.42 Å². The van der Waals surface area contributed by atoms with E-state index < -0.39 is 22.2 Å². The predicted octanol–water partition coefficient (Wildman–Crippen LogP) is 1.83. The zero-order chi connectivity index (χ0) is 11.8. The summed E-state index contributed by atoms with van der Waals surface area (Å²) in [5.74, 6) is -1.71. The lowest BCUT2D eigenvalue weighted by Crippen LogP contribution is -2.23. The van der Waals surface area contributed by atoms with E-state index in [0.29, 0.717) is 5.75 Å². The van der Waals surface area contributed by atoms with Crippen molar-refractivity contribution in [2.45, 2.75) is 10.7 Å². The lowest BCUT2D eigenvalue weighted by molar-refractivity contribution is -0.141. The lowest BCUT2D eigenvalue weighted by Gasteiger charge is -2.04. The molecule has 1 fully saturated rings. The molecule has 16 heavy (non-hydrogen) atoms. The van der Waals surface area contributed by atoms with E-state index >= 15 is 0 Å². The van der Waals surface area contributed by atoms with Gasteiger partial charge in [0.25, 0.3) is 0 Å². The topological polar surface area (TPSA) is 63.6 Å². The summed E-state index contributed by atoms with van der Waals surface area (Å²) in [6.07, 6.45) is 0.272. The number of aliphatic carboxylic acids is 1. The Hall–Kier alpha value is -1.36. The summed E-state index contributed by atoms with van der Waals surface area (Å²) in [6.45, 7) is 0. The molecule has 2 atom stereocenters. The molecule has 0 aromatic heterocycles. The van der Waals surface area contributed by atoms with Crippen LogP contribution in [-0.4, -0.2) is 21.4 Å². The zero-order valence-electron chi connectivity index (χ0n) is 8.22. The Morgan fingerprint density at radius 1 is 1.38 bits per heavy atom. The van der Waals surface area contributed by atoms with Crippen molar-refractivity contribution >= 4 is 27.9 Å². The van der Waals surface area contributed by atoms with E-state index in [9.17, 15) is 9.59 Å². The minimum Gasteiger partial charge on any atom is -0.480 e. The highest BCUT2D eigenvalue weighted by Crippen LogP contribution is 2.52. The monoisotopic (exact) mass is 284 g/mol. The summed E-state index contributed by atoms with van der Waals surface area (Å²) in [4.78, 5) is 22.4. The Labute approximate surface area is 100 Å². The second-order valence-electron chi connectivity index (χ2n) is 3.66. The van der Waals surface area contributed by atoms with Crippen molar-refractivity contribution in [3.8, 4) is 5.75 Å². The molecular formula is C11H9BrO4. The third-order valence-corrected chi connectivity index (χ3v) is 3.71. The van der Waals surface area contributed by atoms with E-state index in [1.54, 1.807) is 30.3 Å². The molecule has 84 valence electrons. The van der Waals surface area contributed by atoms with E-state index in [4.69, 9.17) is 9.84 Å². The van der Waals surface area contributed by atoms with Crippen molar-refractivity contribution in [2.75, 3.05) is 0 Å². The number of para-hydroxylation sites is 1. The predicted molar refractivity (Wildman–Crippen MR) is 59.5 cm³/mol. The Balaban J connectivity index is 2.00. The number of hydrogen-bond acceptors (Lipinski definition) is 3. The number of halogens is 1. The molecule has 1 aliphatic rings. The number of carboxylic acid groups (broad SMARTS) is 1. The van der Waals surface area contributed by atoms with Crippen molar-refractivity contribution in [1.29, 1.82) is 0 Å².